The molecule has 0 saturated heterocycles. The molecule has 0 bridgehead atoms. The molecule has 4 nitrogen and oxygen atoms in total. The summed E-state index contributed by atoms with van der Waals surface area (Å²) in [4.78, 5) is 11.9. The summed E-state index contributed by atoms with van der Waals surface area (Å²) >= 11 is 0. The summed E-state index contributed by atoms with van der Waals surface area (Å²) in [5, 5.41) is 8.38. The first kappa shape index (κ1) is 16.4. The SMILES string of the molecule is CC(C)c1ccc(C(=O)CS(=O)(=O)CCCC#N)cc1. The molecule has 0 aliphatic heterocycles. The van der Waals surface area contributed by atoms with E-state index in [2.05, 4.69) is 13.8 Å². The number of ketones is 1. The molecule has 1 aromatic rings. The molecule has 1 rings (SSSR count). The summed E-state index contributed by atoms with van der Waals surface area (Å²) in [5.74, 6) is -0.623. The third kappa shape index (κ3) is 5.14. The Labute approximate surface area is 120 Å². The normalized spacial score (nSPS) is 11.3. The molecule has 0 aliphatic rings. The first-order valence-corrected chi connectivity index (χ1v) is 8.38. The zero-order valence-electron chi connectivity index (χ0n) is 11.8. The Morgan fingerprint density at radius 3 is 2.35 bits per heavy atom. The highest BCUT2D eigenvalue weighted by Gasteiger charge is 2.17. The lowest BCUT2D eigenvalue weighted by molar-refractivity contribution is 0.102. The summed E-state index contributed by atoms with van der Waals surface area (Å²) in [6, 6.07) is 8.93. The first-order valence-electron chi connectivity index (χ1n) is 6.56. The van der Waals surface area contributed by atoms with E-state index in [1.807, 2.05) is 18.2 Å². The van der Waals surface area contributed by atoms with E-state index in [1.165, 1.54) is 0 Å². The molecular weight excluding hydrogens is 274 g/mol. The number of hydrogen-bond acceptors (Lipinski definition) is 4. The van der Waals surface area contributed by atoms with E-state index >= 15 is 0 Å². The van der Waals surface area contributed by atoms with Gasteiger partial charge in [0.05, 0.1) is 11.8 Å². The molecule has 0 aliphatic carbocycles. The van der Waals surface area contributed by atoms with Crippen molar-refractivity contribution in [1.29, 1.82) is 5.26 Å². The van der Waals surface area contributed by atoms with Crippen LogP contribution in [-0.2, 0) is 9.84 Å². The van der Waals surface area contributed by atoms with Gasteiger partial charge in [0.2, 0.25) is 0 Å². The fourth-order valence-corrected chi connectivity index (χ4v) is 3.07. The van der Waals surface area contributed by atoms with Gasteiger partial charge in [-0.05, 0) is 17.9 Å². The van der Waals surface area contributed by atoms with Crippen LogP contribution in [0.3, 0.4) is 0 Å². The van der Waals surface area contributed by atoms with Gasteiger partial charge in [0.15, 0.2) is 15.6 Å². The van der Waals surface area contributed by atoms with Crippen molar-refractivity contribution in [3.05, 3.63) is 35.4 Å². The molecule has 1 aromatic carbocycles. The quantitative estimate of drug-likeness (QED) is 0.572. The van der Waals surface area contributed by atoms with E-state index in [9.17, 15) is 13.2 Å². The molecule has 0 amide bonds. The van der Waals surface area contributed by atoms with E-state index in [1.54, 1.807) is 12.1 Å². The highest BCUT2D eigenvalue weighted by atomic mass is 32.2. The zero-order chi connectivity index (χ0) is 15.2. The Hall–Kier alpha value is -1.67. The Bertz CT molecular complexity index is 595. The fraction of sp³-hybridized carbons (Fsp3) is 0.467. The second-order valence-electron chi connectivity index (χ2n) is 5.05. The monoisotopic (exact) mass is 293 g/mol. The van der Waals surface area contributed by atoms with Crippen LogP contribution in [0.2, 0.25) is 0 Å². The topological polar surface area (TPSA) is 75.0 Å². The van der Waals surface area contributed by atoms with Crippen molar-refractivity contribution in [2.24, 2.45) is 0 Å². The molecule has 0 radical (unpaired) electrons. The molecule has 5 heteroatoms. The molecular formula is C15H19NO3S. The number of Topliss-reactive ketones (excluding diaryl/α,β-unsaturated/α-hetero) is 1. The van der Waals surface area contributed by atoms with Crippen LogP contribution in [0.15, 0.2) is 24.3 Å². The van der Waals surface area contributed by atoms with Crippen LogP contribution < -0.4 is 0 Å². The van der Waals surface area contributed by atoms with Gasteiger partial charge in [0, 0.05) is 12.0 Å². The van der Waals surface area contributed by atoms with E-state index < -0.39 is 21.4 Å². The lowest BCUT2D eigenvalue weighted by atomic mass is 10.0. The number of carbonyl (C=O) groups is 1. The van der Waals surface area contributed by atoms with E-state index in [-0.39, 0.29) is 18.6 Å². The minimum atomic E-state index is -3.43. The third-order valence-corrected chi connectivity index (χ3v) is 4.61. The van der Waals surface area contributed by atoms with Gasteiger partial charge < -0.3 is 0 Å². The maximum Gasteiger partial charge on any atom is 0.177 e. The predicted octanol–water partition coefficient (Wildman–Crippen LogP) is 2.71. The lowest BCUT2D eigenvalue weighted by Crippen LogP contribution is -2.19. The van der Waals surface area contributed by atoms with E-state index in [0.717, 1.165) is 5.56 Å². The second-order valence-corrected chi connectivity index (χ2v) is 7.24. The standard InChI is InChI=1S/C15H19NO3S/c1-12(2)13-5-7-14(8-6-13)15(17)11-20(18,19)10-4-3-9-16/h5-8,12H,3-4,10-11H2,1-2H3. The van der Waals surface area contributed by atoms with Crippen LogP contribution in [0.25, 0.3) is 0 Å². The Kier molecular flexibility index (Phi) is 5.90. The number of rotatable bonds is 7. The number of carbonyl (C=O) groups excluding carboxylic acids is 1. The van der Waals surface area contributed by atoms with Gasteiger partial charge in [-0.3, -0.25) is 4.79 Å². The first-order chi connectivity index (χ1) is 9.35. The van der Waals surface area contributed by atoms with Gasteiger partial charge in [-0.25, -0.2) is 8.42 Å². The van der Waals surface area contributed by atoms with Crippen LogP contribution in [0.4, 0.5) is 0 Å². The summed E-state index contributed by atoms with van der Waals surface area (Å²) in [5.41, 5.74) is 1.52. The Balaban J connectivity index is 2.69. The van der Waals surface area contributed by atoms with Crippen molar-refractivity contribution >= 4 is 15.6 Å². The molecule has 0 heterocycles. The zero-order valence-corrected chi connectivity index (χ0v) is 12.6. The molecule has 0 N–H and O–H groups in total. The highest BCUT2D eigenvalue weighted by molar-refractivity contribution is 7.92. The van der Waals surface area contributed by atoms with E-state index in [4.69, 9.17) is 5.26 Å². The Morgan fingerprint density at radius 2 is 1.85 bits per heavy atom. The summed E-state index contributed by atoms with van der Waals surface area (Å²) in [7, 11) is -3.43. The second kappa shape index (κ2) is 7.20. The molecule has 108 valence electrons. The number of hydrogen-bond donors (Lipinski definition) is 0. The summed E-state index contributed by atoms with van der Waals surface area (Å²) in [6.45, 7) is 4.10. The highest BCUT2D eigenvalue weighted by Crippen LogP contribution is 2.15. The fourth-order valence-electron chi connectivity index (χ4n) is 1.78. The van der Waals surface area contributed by atoms with E-state index in [0.29, 0.717) is 11.5 Å². The average molecular weight is 293 g/mol. The lowest BCUT2D eigenvalue weighted by Gasteiger charge is -2.07. The number of unbranched alkanes of at least 4 members (excludes halogenated alkanes) is 1. The summed E-state index contributed by atoms with van der Waals surface area (Å²) < 4.78 is 23.5. The van der Waals surface area contributed by atoms with Crippen LogP contribution in [0, 0.1) is 11.3 Å². The molecule has 0 fully saturated rings. The van der Waals surface area contributed by atoms with Crippen molar-refractivity contribution in [1.82, 2.24) is 0 Å². The maximum absolute atomic E-state index is 11.9. The maximum atomic E-state index is 11.9. The van der Waals surface area contributed by atoms with Gasteiger partial charge >= 0.3 is 0 Å². The average Bonchev–Trinajstić information content (AvgIpc) is 2.38. The number of benzene rings is 1. The largest absolute Gasteiger partial charge is 0.293 e. The van der Waals surface area contributed by atoms with Gasteiger partial charge in [-0.15, -0.1) is 0 Å². The van der Waals surface area contributed by atoms with Gasteiger partial charge in [-0.1, -0.05) is 38.1 Å². The third-order valence-electron chi connectivity index (χ3n) is 2.99. The van der Waals surface area contributed by atoms with Gasteiger partial charge in [-0.2, -0.15) is 5.26 Å². The van der Waals surface area contributed by atoms with Crippen molar-refractivity contribution in [3.8, 4) is 6.07 Å². The molecule has 20 heavy (non-hydrogen) atoms. The van der Waals surface area contributed by atoms with Crippen LogP contribution in [0.1, 0.15) is 48.5 Å². The van der Waals surface area contributed by atoms with Crippen molar-refractivity contribution in [3.63, 3.8) is 0 Å². The predicted molar refractivity (Wildman–Crippen MR) is 78.4 cm³/mol. The molecule has 0 spiro atoms. The van der Waals surface area contributed by atoms with Crippen molar-refractivity contribution in [2.75, 3.05) is 11.5 Å². The van der Waals surface area contributed by atoms with Crippen LogP contribution in [-0.4, -0.2) is 25.7 Å². The number of sulfone groups is 1. The summed E-state index contributed by atoms with van der Waals surface area (Å²) in [6.07, 6.45) is 0.467. The molecule has 0 saturated carbocycles. The number of nitriles is 1. The minimum Gasteiger partial charge on any atom is -0.293 e. The van der Waals surface area contributed by atoms with Gasteiger partial charge in [0.25, 0.3) is 0 Å². The number of nitrogens with zero attached hydrogens (tertiary/aromatic N) is 1. The Morgan fingerprint density at radius 1 is 1.25 bits per heavy atom. The smallest absolute Gasteiger partial charge is 0.177 e. The minimum absolute atomic E-state index is 0.115. The van der Waals surface area contributed by atoms with Crippen LogP contribution in [0.5, 0.6) is 0 Å². The van der Waals surface area contributed by atoms with Gasteiger partial charge in [0.1, 0.15) is 5.75 Å². The van der Waals surface area contributed by atoms with Crippen molar-refractivity contribution < 1.29 is 13.2 Å². The molecule has 0 unspecified atom stereocenters. The van der Waals surface area contributed by atoms with Crippen LogP contribution >= 0.6 is 0 Å². The molecule has 0 atom stereocenters. The van der Waals surface area contributed by atoms with Crippen molar-refractivity contribution in [2.45, 2.75) is 32.6 Å². The molecule has 0 aromatic heterocycles.